The van der Waals surface area contributed by atoms with Crippen molar-refractivity contribution in [2.24, 2.45) is 5.73 Å². The van der Waals surface area contributed by atoms with Gasteiger partial charge in [0.2, 0.25) is 5.89 Å². The lowest BCUT2D eigenvalue weighted by molar-refractivity contribution is 0.0968. The van der Waals surface area contributed by atoms with Crippen LogP contribution in [0.1, 0.15) is 30.5 Å². The van der Waals surface area contributed by atoms with Crippen LogP contribution in [0.15, 0.2) is 22.6 Å². The molecule has 20 heavy (non-hydrogen) atoms. The van der Waals surface area contributed by atoms with Crippen molar-refractivity contribution in [1.82, 2.24) is 10.2 Å². The van der Waals surface area contributed by atoms with Crippen LogP contribution in [0.25, 0.3) is 11.5 Å². The Morgan fingerprint density at radius 2 is 2.25 bits per heavy atom. The molecule has 2 N–H and O–H groups in total. The first kappa shape index (κ1) is 14.3. The summed E-state index contributed by atoms with van der Waals surface area (Å²) in [5.41, 5.74) is 5.64. The molecule has 0 spiro atoms. The summed E-state index contributed by atoms with van der Waals surface area (Å²) < 4.78 is 10.7. The molecule has 0 radical (unpaired) electrons. The van der Waals surface area contributed by atoms with Gasteiger partial charge in [-0.05, 0) is 24.6 Å². The smallest absolute Gasteiger partial charge is 0.306 e. The van der Waals surface area contributed by atoms with E-state index in [1.165, 1.54) is 0 Å². The van der Waals surface area contributed by atoms with E-state index in [0.717, 1.165) is 12.8 Å². The van der Waals surface area contributed by atoms with Gasteiger partial charge in [0.1, 0.15) is 5.75 Å². The maximum atomic E-state index is 10.9. The lowest BCUT2D eigenvalue weighted by Crippen LogP contribution is -2.10. The third-order valence-electron chi connectivity index (χ3n) is 2.57. The summed E-state index contributed by atoms with van der Waals surface area (Å²) in [4.78, 5) is 10.9. The number of carbonyl (C=O) groups is 1. The van der Waals surface area contributed by atoms with Crippen molar-refractivity contribution in [3.05, 3.63) is 29.1 Å². The van der Waals surface area contributed by atoms with E-state index >= 15 is 0 Å². The lowest BCUT2D eigenvalue weighted by Gasteiger charge is -2.07. The van der Waals surface area contributed by atoms with E-state index in [1.54, 1.807) is 18.2 Å². The number of benzene rings is 1. The summed E-state index contributed by atoms with van der Waals surface area (Å²) in [6, 6.07) is 5.09. The molecule has 0 aliphatic carbocycles. The van der Waals surface area contributed by atoms with Gasteiger partial charge in [0.25, 0.3) is 0 Å². The highest BCUT2D eigenvalue weighted by molar-refractivity contribution is 6.32. The normalized spacial score (nSPS) is 10.5. The highest BCUT2D eigenvalue weighted by atomic mass is 35.5. The van der Waals surface area contributed by atoms with Crippen molar-refractivity contribution in [2.75, 3.05) is 6.61 Å². The van der Waals surface area contributed by atoms with Crippen LogP contribution < -0.4 is 10.5 Å². The highest BCUT2D eigenvalue weighted by Gasteiger charge is 2.14. The lowest BCUT2D eigenvalue weighted by atomic mass is 10.2. The maximum Gasteiger partial charge on any atom is 0.306 e. The summed E-state index contributed by atoms with van der Waals surface area (Å²) in [5, 5.41) is 7.72. The molecule has 1 heterocycles. The van der Waals surface area contributed by atoms with E-state index in [2.05, 4.69) is 17.1 Å². The number of nitrogens with two attached hydrogens (primary N) is 1. The van der Waals surface area contributed by atoms with Gasteiger partial charge in [0, 0.05) is 5.56 Å². The topological polar surface area (TPSA) is 91.2 Å². The molecule has 2 aromatic rings. The van der Waals surface area contributed by atoms with Crippen LogP contribution in [0.2, 0.25) is 5.02 Å². The number of unbranched alkanes of at least 4 members (excludes halogenated alkanes) is 1. The molecule has 0 atom stereocenters. The van der Waals surface area contributed by atoms with Crippen LogP contribution in [-0.4, -0.2) is 22.7 Å². The average molecular weight is 296 g/mol. The third-order valence-corrected chi connectivity index (χ3v) is 2.87. The number of hydrogen-bond donors (Lipinski definition) is 1. The first-order valence-electron chi connectivity index (χ1n) is 6.18. The number of nitrogens with zero attached hydrogens (tertiary/aromatic N) is 2. The van der Waals surface area contributed by atoms with Crippen LogP contribution in [0, 0.1) is 0 Å². The number of halogens is 1. The number of ether oxygens (including phenoxy) is 1. The molecule has 6 nitrogen and oxygen atoms in total. The zero-order valence-corrected chi connectivity index (χ0v) is 11.7. The standard InChI is InChI=1S/C13H14ClN3O3/c1-2-3-6-19-10-5-4-8(7-9(10)14)12-16-17-13(20-12)11(15)18/h4-5,7H,2-3,6H2,1H3,(H2,15,18). The Labute approximate surface area is 120 Å². The Morgan fingerprint density at radius 3 is 2.85 bits per heavy atom. The predicted molar refractivity (Wildman–Crippen MR) is 73.7 cm³/mol. The van der Waals surface area contributed by atoms with Gasteiger partial charge in [-0.3, -0.25) is 4.79 Å². The third kappa shape index (κ3) is 3.27. The Balaban J connectivity index is 2.17. The Hall–Kier alpha value is -2.08. The average Bonchev–Trinajstić information content (AvgIpc) is 2.90. The minimum atomic E-state index is -0.769. The van der Waals surface area contributed by atoms with Gasteiger partial charge >= 0.3 is 11.8 Å². The summed E-state index contributed by atoms with van der Waals surface area (Å²) in [6.07, 6.45) is 2.01. The van der Waals surface area contributed by atoms with E-state index in [1.807, 2.05) is 0 Å². The zero-order valence-electron chi connectivity index (χ0n) is 10.9. The molecule has 2 rings (SSSR count). The van der Waals surface area contributed by atoms with Crippen LogP contribution in [0.4, 0.5) is 0 Å². The van der Waals surface area contributed by atoms with Crippen LogP contribution in [0.5, 0.6) is 5.75 Å². The van der Waals surface area contributed by atoms with Crippen LogP contribution in [-0.2, 0) is 0 Å². The van der Waals surface area contributed by atoms with Crippen molar-refractivity contribution in [3.63, 3.8) is 0 Å². The largest absolute Gasteiger partial charge is 0.492 e. The minimum absolute atomic E-state index is 0.181. The molecule has 0 aliphatic rings. The number of primary amides is 1. The van der Waals surface area contributed by atoms with Gasteiger partial charge in [-0.15, -0.1) is 10.2 Å². The van der Waals surface area contributed by atoms with Crippen LogP contribution in [0.3, 0.4) is 0 Å². The van der Waals surface area contributed by atoms with Gasteiger partial charge in [0.05, 0.1) is 11.6 Å². The van der Waals surface area contributed by atoms with E-state index in [0.29, 0.717) is 22.9 Å². The molecule has 0 aliphatic heterocycles. The van der Waals surface area contributed by atoms with Gasteiger partial charge in [-0.25, -0.2) is 0 Å². The molecule has 0 bridgehead atoms. The Morgan fingerprint density at radius 1 is 1.45 bits per heavy atom. The van der Waals surface area contributed by atoms with E-state index in [9.17, 15) is 4.79 Å². The second-order valence-electron chi connectivity index (χ2n) is 4.12. The summed E-state index contributed by atoms with van der Waals surface area (Å²) >= 11 is 6.12. The molecule has 106 valence electrons. The fourth-order valence-electron chi connectivity index (χ4n) is 1.52. The molecule has 0 saturated heterocycles. The molecule has 1 aromatic carbocycles. The molecule has 0 saturated carbocycles. The fraction of sp³-hybridized carbons (Fsp3) is 0.308. The molecular formula is C13H14ClN3O3. The molecule has 0 unspecified atom stereocenters. The minimum Gasteiger partial charge on any atom is -0.492 e. The van der Waals surface area contributed by atoms with Gasteiger partial charge in [-0.1, -0.05) is 24.9 Å². The second-order valence-corrected chi connectivity index (χ2v) is 4.53. The monoisotopic (exact) mass is 295 g/mol. The maximum absolute atomic E-state index is 10.9. The number of amides is 1. The highest BCUT2D eigenvalue weighted by Crippen LogP contribution is 2.30. The molecule has 1 aromatic heterocycles. The fourth-order valence-corrected chi connectivity index (χ4v) is 1.75. The van der Waals surface area contributed by atoms with Crippen molar-refractivity contribution in [1.29, 1.82) is 0 Å². The first-order chi connectivity index (χ1) is 9.61. The first-order valence-corrected chi connectivity index (χ1v) is 6.55. The summed E-state index contributed by atoms with van der Waals surface area (Å²) in [7, 11) is 0. The van der Waals surface area contributed by atoms with E-state index in [-0.39, 0.29) is 11.8 Å². The number of rotatable bonds is 6. The number of aromatic nitrogens is 2. The van der Waals surface area contributed by atoms with Crippen molar-refractivity contribution >= 4 is 17.5 Å². The van der Waals surface area contributed by atoms with Gasteiger partial charge in [-0.2, -0.15) is 0 Å². The molecule has 1 amide bonds. The number of hydrogen-bond acceptors (Lipinski definition) is 5. The van der Waals surface area contributed by atoms with Gasteiger partial charge in [0.15, 0.2) is 0 Å². The molecular weight excluding hydrogens is 282 g/mol. The van der Waals surface area contributed by atoms with Crippen molar-refractivity contribution in [2.45, 2.75) is 19.8 Å². The second kappa shape index (κ2) is 6.38. The Bertz CT molecular complexity index is 613. The number of carbonyl (C=O) groups excluding carboxylic acids is 1. The van der Waals surface area contributed by atoms with Crippen molar-refractivity contribution < 1.29 is 13.9 Å². The SMILES string of the molecule is CCCCOc1ccc(-c2nnc(C(N)=O)o2)cc1Cl. The predicted octanol–water partition coefficient (Wildman–Crippen LogP) is 2.67. The van der Waals surface area contributed by atoms with Crippen molar-refractivity contribution in [3.8, 4) is 17.2 Å². The van der Waals surface area contributed by atoms with E-state index < -0.39 is 5.91 Å². The summed E-state index contributed by atoms with van der Waals surface area (Å²) in [6.45, 7) is 2.70. The van der Waals surface area contributed by atoms with Crippen LogP contribution >= 0.6 is 11.6 Å². The van der Waals surface area contributed by atoms with Gasteiger partial charge < -0.3 is 14.9 Å². The summed E-state index contributed by atoms with van der Waals surface area (Å²) in [5.74, 6) is -0.229. The molecule has 0 fully saturated rings. The zero-order chi connectivity index (χ0) is 14.5. The molecule has 7 heteroatoms. The van der Waals surface area contributed by atoms with E-state index in [4.69, 9.17) is 26.5 Å². The Kier molecular flexibility index (Phi) is 4.57. The quantitative estimate of drug-likeness (QED) is 0.827.